The van der Waals surface area contributed by atoms with Crippen LogP contribution in [0.3, 0.4) is 0 Å². The first-order valence-corrected chi connectivity index (χ1v) is 9.01. The third-order valence-electron chi connectivity index (χ3n) is 5.62. The molecule has 3 N–H and O–H groups in total. The molecule has 4 rings (SSSR count). The Hall–Kier alpha value is -4.19. The normalized spacial score (nSPS) is 21.4. The molecule has 2 heterocycles. The van der Waals surface area contributed by atoms with E-state index in [4.69, 9.17) is 4.74 Å². The van der Waals surface area contributed by atoms with E-state index in [0.29, 0.717) is 17.3 Å². The van der Waals surface area contributed by atoms with Gasteiger partial charge in [-0.05, 0) is 18.1 Å². The van der Waals surface area contributed by atoms with Gasteiger partial charge in [0.05, 0.1) is 39.8 Å². The van der Waals surface area contributed by atoms with E-state index in [1.54, 1.807) is 24.3 Å². The zero-order valence-corrected chi connectivity index (χ0v) is 16.0. The van der Waals surface area contributed by atoms with E-state index in [9.17, 15) is 35.3 Å². The first-order chi connectivity index (χ1) is 14.7. The van der Waals surface area contributed by atoms with Crippen LogP contribution in [0.4, 0.5) is 17.1 Å². The Morgan fingerprint density at radius 3 is 2.58 bits per heavy atom. The molecule has 2 aliphatic rings. The Kier molecular flexibility index (Phi) is 4.51. The molecule has 0 unspecified atom stereocenters. The summed E-state index contributed by atoms with van der Waals surface area (Å²) in [5, 5.41) is 48.2. The van der Waals surface area contributed by atoms with E-state index < -0.39 is 44.4 Å². The van der Waals surface area contributed by atoms with Gasteiger partial charge in [-0.3, -0.25) is 25.4 Å². The molecule has 0 aromatic heterocycles. The summed E-state index contributed by atoms with van der Waals surface area (Å²) >= 11 is 0. The fraction of sp³-hybridized carbons (Fsp3) is 0.211. The fourth-order valence-electron chi connectivity index (χ4n) is 4.27. The number of allylic oxidation sites excluding steroid dienone is 1. The van der Waals surface area contributed by atoms with Gasteiger partial charge in [0.2, 0.25) is 0 Å². The smallest absolute Gasteiger partial charge is 0.328 e. The topological polar surface area (TPSA) is 168 Å². The highest BCUT2D eigenvalue weighted by Crippen LogP contribution is 2.58. The number of methoxy groups -OCH3 is 1. The number of nitrogens with one attached hydrogen (secondary N) is 1. The van der Waals surface area contributed by atoms with Crippen molar-refractivity contribution >= 4 is 23.0 Å². The van der Waals surface area contributed by atoms with Crippen molar-refractivity contribution in [1.82, 2.24) is 5.32 Å². The van der Waals surface area contributed by atoms with Gasteiger partial charge in [0, 0.05) is 17.8 Å². The van der Waals surface area contributed by atoms with E-state index in [1.807, 2.05) is 0 Å². The SMILES string of the molecule is COC(=O)[C@@H]1C[C@@]2(c3cc([N+](=O)[O-])cc([N+](=O)[O-])c3O)C(=CN1)N(O)c1ccccc12. The summed E-state index contributed by atoms with van der Waals surface area (Å²) in [6, 6.07) is 7.21. The van der Waals surface area contributed by atoms with Crippen LogP contribution in [-0.2, 0) is 14.9 Å². The standard InChI is InChI=1S/C19H16N4O8/c1-31-18(25)13-8-19(11-4-2-3-5-14(11)21(26)16(19)9-20-13)12-6-10(22(27)28)7-15(17(12)24)23(29)30/h2-7,9,13,20,24,26H,8H2,1H3/t13-,19+/m0/s1. The van der Waals surface area contributed by atoms with E-state index >= 15 is 0 Å². The molecule has 2 aromatic carbocycles. The third kappa shape index (κ3) is 2.76. The molecule has 2 atom stereocenters. The zero-order chi connectivity index (χ0) is 22.5. The number of phenols is 1. The van der Waals surface area contributed by atoms with Crippen LogP contribution in [0.25, 0.3) is 0 Å². The fourth-order valence-corrected chi connectivity index (χ4v) is 4.27. The second-order valence-corrected chi connectivity index (χ2v) is 7.09. The lowest BCUT2D eigenvalue weighted by atomic mass is 9.68. The van der Waals surface area contributed by atoms with Crippen LogP contribution < -0.4 is 10.4 Å². The van der Waals surface area contributed by atoms with Gasteiger partial charge in [-0.1, -0.05) is 18.2 Å². The average Bonchev–Trinajstić information content (AvgIpc) is 3.02. The number of hydrogen-bond donors (Lipinski definition) is 3. The van der Waals surface area contributed by atoms with Crippen molar-refractivity contribution < 1.29 is 29.7 Å². The number of nitrogens with zero attached hydrogens (tertiary/aromatic N) is 3. The number of hydrogen-bond acceptors (Lipinski definition) is 10. The Bertz CT molecular complexity index is 1160. The molecular formula is C19H16N4O8. The summed E-state index contributed by atoms with van der Waals surface area (Å²) in [7, 11) is 1.19. The van der Waals surface area contributed by atoms with Crippen LogP contribution in [0, 0.1) is 20.2 Å². The molecule has 0 saturated carbocycles. The summed E-state index contributed by atoms with van der Waals surface area (Å²) in [6.45, 7) is 0. The van der Waals surface area contributed by atoms with Crippen molar-refractivity contribution in [2.75, 3.05) is 12.2 Å². The van der Waals surface area contributed by atoms with Gasteiger partial charge in [0.25, 0.3) is 5.69 Å². The molecule has 0 spiro atoms. The predicted octanol–water partition coefficient (Wildman–Crippen LogP) is 2.08. The Morgan fingerprint density at radius 1 is 1.23 bits per heavy atom. The van der Waals surface area contributed by atoms with Crippen molar-refractivity contribution in [2.45, 2.75) is 17.9 Å². The molecule has 0 fully saturated rings. The number of nitro benzene ring substituents is 2. The lowest BCUT2D eigenvalue weighted by Gasteiger charge is -2.38. The highest BCUT2D eigenvalue weighted by molar-refractivity contribution is 5.81. The summed E-state index contributed by atoms with van der Waals surface area (Å²) in [5.41, 5.74) is -2.32. The van der Waals surface area contributed by atoms with Crippen LogP contribution in [0.1, 0.15) is 17.5 Å². The van der Waals surface area contributed by atoms with E-state index in [2.05, 4.69) is 5.32 Å². The molecule has 31 heavy (non-hydrogen) atoms. The molecule has 2 aliphatic heterocycles. The second kappa shape index (κ2) is 6.95. The summed E-state index contributed by atoms with van der Waals surface area (Å²) in [5.74, 6) is -1.44. The van der Waals surface area contributed by atoms with Crippen LogP contribution in [0.15, 0.2) is 48.3 Å². The molecule has 160 valence electrons. The number of anilines is 1. The third-order valence-corrected chi connectivity index (χ3v) is 5.62. The summed E-state index contributed by atoms with van der Waals surface area (Å²) in [4.78, 5) is 33.5. The average molecular weight is 428 g/mol. The number of carbonyl (C=O) groups is 1. The number of nitro groups is 2. The molecule has 12 nitrogen and oxygen atoms in total. The van der Waals surface area contributed by atoms with Gasteiger partial charge in [0.15, 0.2) is 5.75 Å². The lowest BCUT2D eigenvalue weighted by molar-refractivity contribution is -0.394. The zero-order valence-electron chi connectivity index (χ0n) is 16.0. The molecular weight excluding hydrogens is 412 g/mol. The van der Waals surface area contributed by atoms with Crippen molar-refractivity contribution in [3.05, 3.63) is 79.7 Å². The number of para-hydroxylation sites is 1. The van der Waals surface area contributed by atoms with Crippen LogP contribution in [0.5, 0.6) is 5.75 Å². The number of ether oxygens (including phenoxy) is 1. The van der Waals surface area contributed by atoms with Gasteiger partial charge in [-0.15, -0.1) is 0 Å². The van der Waals surface area contributed by atoms with Gasteiger partial charge in [-0.25, -0.2) is 9.86 Å². The molecule has 0 bridgehead atoms. The molecule has 0 saturated heterocycles. The first kappa shape index (κ1) is 20.1. The number of carbonyl (C=O) groups excluding carboxylic acids is 1. The Morgan fingerprint density at radius 2 is 1.94 bits per heavy atom. The highest BCUT2D eigenvalue weighted by atomic mass is 16.6. The molecule has 0 aliphatic carbocycles. The summed E-state index contributed by atoms with van der Waals surface area (Å²) < 4.78 is 4.80. The minimum absolute atomic E-state index is 0.133. The van der Waals surface area contributed by atoms with Gasteiger partial charge >= 0.3 is 11.7 Å². The second-order valence-electron chi connectivity index (χ2n) is 7.09. The van der Waals surface area contributed by atoms with Crippen molar-refractivity contribution in [3.63, 3.8) is 0 Å². The quantitative estimate of drug-likeness (QED) is 0.372. The molecule has 2 aromatic rings. The summed E-state index contributed by atoms with van der Waals surface area (Å²) in [6.07, 6.45) is 1.20. The molecule has 0 radical (unpaired) electrons. The number of rotatable bonds is 4. The number of phenolic OH excluding ortho intramolecular Hbond substituents is 1. The minimum atomic E-state index is -1.50. The minimum Gasteiger partial charge on any atom is -0.502 e. The highest BCUT2D eigenvalue weighted by Gasteiger charge is 2.55. The Labute approximate surface area is 174 Å². The van der Waals surface area contributed by atoms with Crippen LogP contribution in [0.2, 0.25) is 0 Å². The van der Waals surface area contributed by atoms with E-state index in [1.165, 1.54) is 13.3 Å². The number of hydroxylamine groups is 1. The monoisotopic (exact) mass is 428 g/mol. The predicted molar refractivity (Wildman–Crippen MR) is 105 cm³/mol. The maximum atomic E-state index is 12.3. The lowest BCUT2D eigenvalue weighted by Crippen LogP contribution is -2.48. The van der Waals surface area contributed by atoms with E-state index in [-0.39, 0.29) is 17.7 Å². The van der Waals surface area contributed by atoms with Gasteiger partial charge < -0.3 is 15.2 Å². The Balaban J connectivity index is 2.09. The molecule has 12 heteroatoms. The number of esters is 1. The van der Waals surface area contributed by atoms with Gasteiger partial charge in [0.1, 0.15) is 6.04 Å². The number of aromatic hydroxyl groups is 1. The largest absolute Gasteiger partial charge is 0.502 e. The van der Waals surface area contributed by atoms with Crippen LogP contribution >= 0.6 is 0 Å². The van der Waals surface area contributed by atoms with Gasteiger partial charge in [-0.2, -0.15) is 0 Å². The first-order valence-electron chi connectivity index (χ1n) is 9.01. The van der Waals surface area contributed by atoms with Crippen LogP contribution in [-0.4, -0.2) is 39.3 Å². The van der Waals surface area contributed by atoms with Crippen molar-refractivity contribution in [2.24, 2.45) is 0 Å². The maximum Gasteiger partial charge on any atom is 0.328 e. The molecule has 0 amide bonds. The number of fused-ring (bicyclic) bond motifs is 3. The number of non-ortho nitro benzene ring substituents is 1. The van der Waals surface area contributed by atoms with Crippen molar-refractivity contribution in [3.8, 4) is 5.75 Å². The number of benzene rings is 2. The van der Waals surface area contributed by atoms with Crippen molar-refractivity contribution in [1.29, 1.82) is 0 Å². The maximum absolute atomic E-state index is 12.3. The van der Waals surface area contributed by atoms with E-state index in [0.717, 1.165) is 11.1 Å².